The zero-order valence-corrected chi connectivity index (χ0v) is 15.2. The van der Waals surface area contributed by atoms with Gasteiger partial charge in [0.2, 0.25) is 5.91 Å². The van der Waals surface area contributed by atoms with Gasteiger partial charge in [0.05, 0.1) is 22.5 Å². The number of benzene rings is 1. The first-order valence-corrected chi connectivity index (χ1v) is 8.59. The van der Waals surface area contributed by atoms with Crippen molar-refractivity contribution < 1.29 is 18.9 Å². The third-order valence-electron chi connectivity index (χ3n) is 4.27. The molecule has 0 spiro atoms. The van der Waals surface area contributed by atoms with Crippen molar-refractivity contribution in [3.63, 3.8) is 0 Å². The molecule has 2 aromatic rings. The molecule has 0 bridgehead atoms. The Kier molecular flexibility index (Phi) is 5.31. The lowest BCUT2D eigenvalue weighted by atomic mass is 10.2. The zero-order valence-electron chi connectivity index (χ0n) is 14.5. The number of para-hydroxylation sites is 1. The highest BCUT2D eigenvalue weighted by atomic mass is 35.5. The molecular formula is C17H17ClN4O5. The van der Waals surface area contributed by atoms with Crippen molar-refractivity contribution in [2.75, 3.05) is 36.4 Å². The number of nitrogens with zero attached hydrogens (tertiary/aromatic N) is 3. The molecule has 1 fully saturated rings. The molecule has 1 aliphatic heterocycles. The lowest BCUT2D eigenvalue weighted by molar-refractivity contribution is -0.402. The second-order valence-corrected chi connectivity index (χ2v) is 6.39. The van der Waals surface area contributed by atoms with Gasteiger partial charge in [-0.1, -0.05) is 17.7 Å². The minimum absolute atomic E-state index is 0.0155. The van der Waals surface area contributed by atoms with E-state index in [1.165, 1.54) is 13.0 Å². The maximum Gasteiger partial charge on any atom is 0.433 e. The van der Waals surface area contributed by atoms with Crippen LogP contribution in [0, 0.1) is 10.1 Å². The minimum Gasteiger partial charge on any atom is -0.395 e. The molecule has 2 heterocycles. The third-order valence-corrected chi connectivity index (χ3v) is 4.58. The van der Waals surface area contributed by atoms with Crippen LogP contribution >= 0.6 is 11.6 Å². The molecule has 0 atom stereocenters. The van der Waals surface area contributed by atoms with Gasteiger partial charge in [-0.3, -0.25) is 19.7 Å². The number of halogens is 1. The van der Waals surface area contributed by atoms with E-state index in [-0.39, 0.29) is 11.7 Å². The fourth-order valence-electron chi connectivity index (χ4n) is 2.91. The predicted octanol–water partition coefficient (Wildman–Crippen LogP) is 2.76. The molecule has 9 nitrogen and oxygen atoms in total. The summed E-state index contributed by atoms with van der Waals surface area (Å²) >= 11 is 6.35. The van der Waals surface area contributed by atoms with Gasteiger partial charge in [0.15, 0.2) is 5.76 Å². The van der Waals surface area contributed by atoms with Gasteiger partial charge in [0, 0.05) is 33.1 Å². The molecule has 1 aromatic carbocycles. The number of carbonyl (C=O) groups is 2. The Hall–Kier alpha value is -3.07. The molecular weight excluding hydrogens is 376 g/mol. The maximum absolute atomic E-state index is 12.4. The van der Waals surface area contributed by atoms with Crippen molar-refractivity contribution >= 4 is 40.7 Å². The summed E-state index contributed by atoms with van der Waals surface area (Å²) in [5.74, 6) is -1.28. The molecule has 1 aromatic heterocycles. The smallest absolute Gasteiger partial charge is 0.395 e. The second-order valence-electron chi connectivity index (χ2n) is 5.98. The molecule has 10 heteroatoms. The van der Waals surface area contributed by atoms with Crippen LogP contribution in [0.5, 0.6) is 0 Å². The van der Waals surface area contributed by atoms with E-state index >= 15 is 0 Å². The van der Waals surface area contributed by atoms with Crippen LogP contribution in [0.3, 0.4) is 0 Å². The van der Waals surface area contributed by atoms with Crippen LogP contribution in [0.25, 0.3) is 0 Å². The number of nitro groups is 1. The lowest BCUT2D eigenvalue weighted by Crippen LogP contribution is -2.48. The Morgan fingerprint density at radius 1 is 1.19 bits per heavy atom. The van der Waals surface area contributed by atoms with Crippen LogP contribution in [0.15, 0.2) is 34.7 Å². The van der Waals surface area contributed by atoms with E-state index in [9.17, 15) is 19.7 Å². The van der Waals surface area contributed by atoms with E-state index in [2.05, 4.69) is 5.32 Å². The Bertz CT molecular complexity index is 889. The monoisotopic (exact) mass is 392 g/mol. The van der Waals surface area contributed by atoms with Crippen molar-refractivity contribution in [1.29, 1.82) is 0 Å². The summed E-state index contributed by atoms with van der Waals surface area (Å²) in [7, 11) is 0. The van der Waals surface area contributed by atoms with E-state index in [0.29, 0.717) is 42.6 Å². The number of furan rings is 1. The highest BCUT2D eigenvalue weighted by Crippen LogP contribution is 2.35. The number of anilines is 2. The lowest BCUT2D eigenvalue weighted by Gasteiger charge is -2.36. The van der Waals surface area contributed by atoms with Gasteiger partial charge in [-0.05, 0) is 18.2 Å². The first-order valence-electron chi connectivity index (χ1n) is 8.21. The summed E-state index contributed by atoms with van der Waals surface area (Å²) in [5.41, 5.74) is 1.10. The number of rotatable bonds is 4. The summed E-state index contributed by atoms with van der Waals surface area (Å²) in [4.78, 5) is 37.6. The third kappa shape index (κ3) is 4.03. The van der Waals surface area contributed by atoms with Crippen molar-refractivity contribution in [2.24, 2.45) is 0 Å². The Morgan fingerprint density at radius 2 is 1.89 bits per heavy atom. The number of carbonyl (C=O) groups excluding carboxylic acids is 2. The van der Waals surface area contributed by atoms with Crippen molar-refractivity contribution in [1.82, 2.24) is 4.90 Å². The second kappa shape index (κ2) is 7.67. The summed E-state index contributed by atoms with van der Waals surface area (Å²) in [6.45, 7) is 3.77. The van der Waals surface area contributed by atoms with E-state index in [4.69, 9.17) is 16.0 Å². The van der Waals surface area contributed by atoms with Gasteiger partial charge in [0.25, 0.3) is 5.91 Å². The van der Waals surface area contributed by atoms with Gasteiger partial charge < -0.3 is 19.5 Å². The number of nitrogens with one attached hydrogen (secondary N) is 1. The fourth-order valence-corrected chi connectivity index (χ4v) is 3.21. The standard InChI is InChI=1S/C17H17ClN4O5/c1-11(23)20-7-9-21(10-8-20)16-12(18)3-2-4-13(16)19-17(24)14-5-6-15(27-14)22(25)26/h2-6H,7-10H2,1H3,(H,19,24). The SMILES string of the molecule is CC(=O)N1CCN(c2c(Cl)cccc2NC(=O)c2ccc([N+](=O)[O-])o2)CC1. The van der Waals surface area contributed by atoms with Gasteiger partial charge in [0.1, 0.15) is 4.92 Å². The quantitative estimate of drug-likeness (QED) is 0.633. The topological polar surface area (TPSA) is 109 Å². The molecule has 27 heavy (non-hydrogen) atoms. The summed E-state index contributed by atoms with van der Waals surface area (Å²) in [6.07, 6.45) is 0. The molecule has 3 rings (SSSR count). The van der Waals surface area contributed by atoms with Crippen molar-refractivity contribution in [3.8, 4) is 0 Å². The van der Waals surface area contributed by atoms with Crippen LogP contribution in [0.4, 0.5) is 17.3 Å². The zero-order chi connectivity index (χ0) is 19.6. The number of hydrogen-bond donors (Lipinski definition) is 1. The molecule has 1 saturated heterocycles. The van der Waals surface area contributed by atoms with Gasteiger partial charge in [-0.2, -0.15) is 0 Å². The van der Waals surface area contributed by atoms with Crippen LogP contribution < -0.4 is 10.2 Å². The van der Waals surface area contributed by atoms with E-state index in [0.717, 1.165) is 6.07 Å². The van der Waals surface area contributed by atoms with Gasteiger partial charge in [-0.15, -0.1) is 0 Å². The fraction of sp³-hybridized carbons (Fsp3) is 0.294. The molecule has 0 aliphatic carbocycles. The average Bonchev–Trinajstić information content (AvgIpc) is 3.13. The highest BCUT2D eigenvalue weighted by Gasteiger charge is 2.24. The van der Waals surface area contributed by atoms with Crippen LogP contribution in [-0.4, -0.2) is 47.8 Å². The summed E-state index contributed by atoms with van der Waals surface area (Å²) in [5, 5.41) is 13.8. The molecule has 0 saturated carbocycles. The molecule has 142 valence electrons. The number of amides is 2. The Labute approximate surface area is 159 Å². The average molecular weight is 393 g/mol. The van der Waals surface area contributed by atoms with Gasteiger partial charge >= 0.3 is 5.88 Å². The largest absolute Gasteiger partial charge is 0.433 e. The van der Waals surface area contributed by atoms with E-state index < -0.39 is 16.7 Å². The maximum atomic E-state index is 12.4. The number of hydrogen-bond acceptors (Lipinski definition) is 6. The van der Waals surface area contributed by atoms with E-state index in [1.54, 1.807) is 23.1 Å². The Balaban J connectivity index is 1.80. The van der Waals surface area contributed by atoms with E-state index in [1.807, 2.05) is 4.90 Å². The predicted molar refractivity (Wildman–Crippen MR) is 99.2 cm³/mol. The normalized spacial score (nSPS) is 14.1. The molecule has 1 N–H and O–H groups in total. The first kappa shape index (κ1) is 18.7. The molecule has 2 amide bonds. The van der Waals surface area contributed by atoms with Crippen molar-refractivity contribution in [2.45, 2.75) is 6.92 Å². The molecule has 1 aliphatic rings. The Morgan fingerprint density at radius 3 is 2.48 bits per heavy atom. The van der Waals surface area contributed by atoms with Crippen LogP contribution in [0.1, 0.15) is 17.5 Å². The molecule has 0 unspecified atom stereocenters. The van der Waals surface area contributed by atoms with Crippen molar-refractivity contribution in [3.05, 3.63) is 51.2 Å². The van der Waals surface area contributed by atoms with Gasteiger partial charge in [-0.25, -0.2) is 0 Å². The van der Waals surface area contributed by atoms with Crippen LogP contribution in [-0.2, 0) is 4.79 Å². The first-order chi connectivity index (χ1) is 12.9. The molecule has 0 radical (unpaired) electrons. The summed E-state index contributed by atoms with van der Waals surface area (Å²) in [6, 6.07) is 7.45. The van der Waals surface area contributed by atoms with Crippen LogP contribution in [0.2, 0.25) is 5.02 Å². The minimum atomic E-state index is -0.712. The summed E-state index contributed by atoms with van der Waals surface area (Å²) < 4.78 is 4.93. The number of piperazine rings is 1. The highest BCUT2D eigenvalue weighted by molar-refractivity contribution is 6.34.